The molecule has 0 N–H and O–H groups in total. The number of epoxide rings is 1. The molecule has 1 fully saturated rings. The zero-order valence-electron chi connectivity index (χ0n) is 10.3. The highest BCUT2D eigenvalue weighted by molar-refractivity contribution is 5.79. The van der Waals surface area contributed by atoms with Gasteiger partial charge in [-0.1, -0.05) is 30.3 Å². The van der Waals surface area contributed by atoms with Crippen molar-refractivity contribution in [2.75, 3.05) is 6.61 Å². The number of hydrogen-bond donors (Lipinski definition) is 0. The third kappa shape index (κ3) is 2.86. The van der Waals surface area contributed by atoms with Gasteiger partial charge in [-0.3, -0.25) is 0 Å². The van der Waals surface area contributed by atoms with Crippen molar-refractivity contribution in [3.05, 3.63) is 35.9 Å². The van der Waals surface area contributed by atoms with E-state index in [4.69, 9.17) is 9.47 Å². The van der Waals surface area contributed by atoms with Gasteiger partial charge < -0.3 is 9.47 Å². The van der Waals surface area contributed by atoms with Crippen molar-refractivity contribution < 1.29 is 14.3 Å². The van der Waals surface area contributed by atoms with Crippen molar-refractivity contribution in [3.8, 4) is 0 Å². The van der Waals surface area contributed by atoms with Gasteiger partial charge in [0.05, 0.1) is 6.61 Å². The second-order valence-corrected chi connectivity index (χ2v) is 4.55. The van der Waals surface area contributed by atoms with E-state index in [9.17, 15) is 4.79 Å². The van der Waals surface area contributed by atoms with Gasteiger partial charge in [-0.15, -0.1) is 0 Å². The molecule has 92 valence electrons. The zero-order chi connectivity index (χ0) is 12.3. The van der Waals surface area contributed by atoms with E-state index in [0.717, 1.165) is 12.8 Å². The van der Waals surface area contributed by atoms with Crippen LogP contribution in [0.3, 0.4) is 0 Å². The van der Waals surface area contributed by atoms with Crippen LogP contribution in [0, 0.1) is 0 Å². The highest BCUT2D eigenvalue weighted by atomic mass is 16.7. The largest absolute Gasteiger partial charge is 0.464 e. The molecule has 0 saturated carbocycles. The lowest BCUT2D eigenvalue weighted by Crippen LogP contribution is -2.20. The number of ether oxygens (including phenoxy) is 2. The highest BCUT2D eigenvalue weighted by Crippen LogP contribution is 2.40. The van der Waals surface area contributed by atoms with Crippen LogP contribution in [0.5, 0.6) is 0 Å². The maximum Gasteiger partial charge on any atom is 0.338 e. The van der Waals surface area contributed by atoms with Crippen molar-refractivity contribution in [2.24, 2.45) is 0 Å². The summed E-state index contributed by atoms with van der Waals surface area (Å²) in [7, 11) is 0. The Bertz CT molecular complexity index is 388. The Morgan fingerprint density at radius 2 is 2.12 bits per heavy atom. The molecule has 0 amide bonds. The summed E-state index contributed by atoms with van der Waals surface area (Å²) in [6.45, 7) is 4.19. The lowest BCUT2D eigenvalue weighted by molar-refractivity contribution is -0.144. The summed E-state index contributed by atoms with van der Waals surface area (Å²) < 4.78 is 10.4. The van der Waals surface area contributed by atoms with E-state index in [1.54, 1.807) is 0 Å². The lowest BCUT2D eigenvalue weighted by Gasteiger charge is -2.06. The molecular weight excluding hydrogens is 216 g/mol. The first kappa shape index (κ1) is 12.1. The van der Waals surface area contributed by atoms with Gasteiger partial charge in [0.25, 0.3) is 0 Å². The summed E-state index contributed by atoms with van der Waals surface area (Å²) in [4.78, 5) is 11.5. The first-order chi connectivity index (χ1) is 8.15. The van der Waals surface area contributed by atoms with Crippen molar-refractivity contribution in [1.82, 2.24) is 0 Å². The number of aryl methyl sites for hydroxylation is 1. The quantitative estimate of drug-likeness (QED) is 0.580. The molecule has 3 heteroatoms. The van der Waals surface area contributed by atoms with E-state index in [2.05, 4.69) is 12.1 Å². The van der Waals surface area contributed by atoms with Crippen LogP contribution in [0.4, 0.5) is 0 Å². The van der Waals surface area contributed by atoms with E-state index in [1.807, 2.05) is 32.0 Å². The normalized spacial score (nSPS) is 26.6. The van der Waals surface area contributed by atoms with Gasteiger partial charge in [0.1, 0.15) is 5.60 Å². The van der Waals surface area contributed by atoms with E-state index < -0.39 is 0 Å². The van der Waals surface area contributed by atoms with Crippen LogP contribution in [-0.2, 0) is 20.7 Å². The number of rotatable bonds is 5. The molecule has 17 heavy (non-hydrogen) atoms. The van der Waals surface area contributed by atoms with Gasteiger partial charge in [-0.05, 0) is 32.3 Å². The fourth-order valence-corrected chi connectivity index (χ4v) is 1.98. The molecule has 1 saturated heterocycles. The highest BCUT2D eigenvalue weighted by Gasteiger charge is 2.57. The van der Waals surface area contributed by atoms with Gasteiger partial charge in [-0.25, -0.2) is 4.79 Å². The minimum atomic E-state index is -0.369. The predicted molar refractivity (Wildman–Crippen MR) is 64.7 cm³/mol. The Morgan fingerprint density at radius 3 is 2.76 bits per heavy atom. The van der Waals surface area contributed by atoms with Crippen molar-refractivity contribution in [3.63, 3.8) is 0 Å². The molecule has 0 radical (unpaired) electrons. The van der Waals surface area contributed by atoms with Crippen LogP contribution in [0.2, 0.25) is 0 Å². The average molecular weight is 234 g/mol. The molecule has 1 aromatic carbocycles. The van der Waals surface area contributed by atoms with Crippen LogP contribution < -0.4 is 0 Å². The number of hydrogen-bond acceptors (Lipinski definition) is 3. The molecule has 3 nitrogen and oxygen atoms in total. The summed E-state index contributed by atoms with van der Waals surface area (Å²) in [5.74, 6) is -0.233. The number of esters is 1. The molecule has 2 atom stereocenters. The van der Waals surface area contributed by atoms with Gasteiger partial charge >= 0.3 is 5.97 Å². The van der Waals surface area contributed by atoms with Gasteiger partial charge in [-0.2, -0.15) is 0 Å². The molecule has 1 aromatic rings. The minimum absolute atomic E-state index is 0.233. The molecule has 1 aliphatic rings. The van der Waals surface area contributed by atoms with Gasteiger partial charge in [0.2, 0.25) is 0 Å². The summed E-state index contributed by atoms with van der Waals surface area (Å²) in [5.41, 5.74) is 0.939. The third-order valence-corrected chi connectivity index (χ3v) is 3.14. The van der Waals surface area contributed by atoms with Crippen LogP contribution in [0.15, 0.2) is 30.3 Å². The summed E-state index contributed by atoms with van der Waals surface area (Å²) in [5, 5.41) is 0. The number of carbonyl (C=O) groups is 1. The standard InChI is InChI=1S/C14H18O3/c1-3-16-13(15)12-14(2,17-12)10-9-11-7-5-4-6-8-11/h4-8,12H,3,9-10H2,1-2H3. The lowest BCUT2D eigenvalue weighted by atomic mass is 9.98. The minimum Gasteiger partial charge on any atom is -0.464 e. The Kier molecular flexibility index (Phi) is 3.48. The summed E-state index contributed by atoms with van der Waals surface area (Å²) in [6, 6.07) is 10.2. The van der Waals surface area contributed by atoms with Crippen LogP contribution in [-0.4, -0.2) is 24.3 Å². The number of carbonyl (C=O) groups excluding carboxylic acids is 1. The van der Waals surface area contributed by atoms with Crippen LogP contribution in [0.1, 0.15) is 25.8 Å². The molecule has 1 heterocycles. The molecule has 2 unspecified atom stereocenters. The monoisotopic (exact) mass is 234 g/mol. The van der Waals surface area contributed by atoms with E-state index in [0.29, 0.717) is 6.61 Å². The Labute approximate surface area is 102 Å². The molecule has 1 aliphatic heterocycles. The van der Waals surface area contributed by atoms with Crippen LogP contribution >= 0.6 is 0 Å². The maximum absolute atomic E-state index is 11.5. The maximum atomic E-state index is 11.5. The fraction of sp³-hybridized carbons (Fsp3) is 0.500. The SMILES string of the molecule is CCOC(=O)C1OC1(C)CCc1ccccc1. The molecule has 2 rings (SSSR count). The Hall–Kier alpha value is -1.35. The summed E-state index contributed by atoms with van der Waals surface area (Å²) >= 11 is 0. The predicted octanol–water partition coefficient (Wildman–Crippen LogP) is 2.34. The Balaban J connectivity index is 1.83. The second kappa shape index (κ2) is 4.88. The Morgan fingerprint density at radius 1 is 1.41 bits per heavy atom. The van der Waals surface area contributed by atoms with Crippen molar-refractivity contribution >= 4 is 5.97 Å². The van der Waals surface area contributed by atoms with E-state index in [-0.39, 0.29) is 17.7 Å². The molecular formula is C14H18O3. The smallest absolute Gasteiger partial charge is 0.338 e. The molecule has 0 aliphatic carbocycles. The fourth-order valence-electron chi connectivity index (χ4n) is 1.98. The molecule has 0 aromatic heterocycles. The summed E-state index contributed by atoms with van der Waals surface area (Å²) in [6.07, 6.45) is 1.40. The second-order valence-electron chi connectivity index (χ2n) is 4.55. The van der Waals surface area contributed by atoms with Crippen molar-refractivity contribution in [1.29, 1.82) is 0 Å². The molecule has 0 bridgehead atoms. The van der Waals surface area contributed by atoms with Crippen molar-refractivity contribution in [2.45, 2.75) is 38.4 Å². The first-order valence-electron chi connectivity index (χ1n) is 6.04. The van der Waals surface area contributed by atoms with E-state index in [1.165, 1.54) is 5.56 Å². The average Bonchev–Trinajstić information content (AvgIpc) is 3.02. The van der Waals surface area contributed by atoms with Gasteiger partial charge in [0.15, 0.2) is 6.10 Å². The van der Waals surface area contributed by atoms with Gasteiger partial charge in [0, 0.05) is 0 Å². The van der Waals surface area contributed by atoms with E-state index >= 15 is 0 Å². The van der Waals surface area contributed by atoms with Crippen LogP contribution in [0.25, 0.3) is 0 Å². The third-order valence-electron chi connectivity index (χ3n) is 3.14. The molecule has 0 spiro atoms. The zero-order valence-corrected chi connectivity index (χ0v) is 10.3. The topological polar surface area (TPSA) is 38.8 Å². The number of benzene rings is 1. The first-order valence-corrected chi connectivity index (χ1v) is 6.04.